The summed E-state index contributed by atoms with van der Waals surface area (Å²) in [6, 6.07) is 17.4. The average Bonchev–Trinajstić information content (AvgIpc) is 2.71. The lowest BCUT2D eigenvalue weighted by Gasteiger charge is -2.54. The fourth-order valence-corrected chi connectivity index (χ4v) is 4.27. The van der Waals surface area contributed by atoms with Crippen LogP contribution in [0.25, 0.3) is 0 Å². The number of benzene rings is 2. The Morgan fingerprint density at radius 3 is 2.26 bits per heavy atom. The van der Waals surface area contributed by atoms with E-state index in [1.807, 2.05) is 30.3 Å². The molecule has 0 atom stereocenters. The van der Waals surface area contributed by atoms with Gasteiger partial charge in [0.2, 0.25) is 5.95 Å². The van der Waals surface area contributed by atoms with Gasteiger partial charge in [0, 0.05) is 24.7 Å². The predicted octanol–water partition coefficient (Wildman–Crippen LogP) is 3.92. The van der Waals surface area contributed by atoms with Crippen molar-refractivity contribution < 1.29 is 14.6 Å². The molecular weight excluding hydrogens is 390 g/mol. The highest BCUT2D eigenvalue weighted by Crippen LogP contribution is 2.39. The van der Waals surface area contributed by atoms with E-state index in [-0.39, 0.29) is 11.2 Å². The van der Waals surface area contributed by atoms with Crippen LogP contribution in [0.1, 0.15) is 30.7 Å². The van der Waals surface area contributed by atoms with Crippen molar-refractivity contribution in [2.24, 2.45) is 5.41 Å². The van der Waals surface area contributed by atoms with Gasteiger partial charge >= 0.3 is 0 Å². The highest BCUT2D eigenvalue weighted by molar-refractivity contribution is 5.42. The van der Waals surface area contributed by atoms with Crippen LogP contribution in [0.15, 0.2) is 60.8 Å². The zero-order valence-electron chi connectivity index (χ0n) is 17.9. The average molecular weight is 418 g/mol. The Hall–Kier alpha value is -3.12. The zero-order chi connectivity index (χ0) is 21.5. The minimum absolute atomic E-state index is 0.173. The summed E-state index contributed by atoms with van der Waals surface area (Å²) in [5, 5.41) is 9.55. The summed E-state index contributed by atoms with van der Waals surface area (Å²) >= 11 is 0. The van der Waals surface area contributed by atoms with E-state index in [4.69, 9.17) is 9.47 Å². The molecule has 3 heterocycles. The monoisotopic (exact) mass is 417 g/mol. The van der Waals surface area contributed by atoms with Crippen molar-refractivity contribution >= 4 is 5.95 Å². The Bertz CT molecular complexity index is 1050. The van der Waals surface area contributed by atoms with Gasteiger partial charge in [-0.15, -0.1) is 0 Å². The van der Waals surface area contributed by atoms with Crippen molar-refractivity contribution in [2.75, 3.05) is 31.2 Å². The SMILES string of the molecule is CC(C)(c1ccc(O)cc1)c1ccc(OCc2ccnc(N3CC4(COC4)C3)n2)cc1. The number of phenols is 1. The molecule has 2 aliphatic heterocycles. The molecule has 0 bridgehead atoms. The quantitative estimate of drug-likeness (QED) is 0.656. The van der Waals surface area contributed by atoms with Crippen LogP contribution in [-0.2, 0) is 16.8 Å². The Kier molecular flexibility index (Phi) is 4.82. The molecule has 160 valence electrons. The first-order chi connectivity index (χ1) is 14.9. The van der Waals surface area contributed by atoms with Crippen molar-refractivity contribution in [3.05, 3.63) is 77.6 Å². The van der Waals surface area contributed by atoms with Crippen LogP contribution < -0.4 is 9.64 Å². The molecule has 3 aromatic rings. The Balaban J connectivity index is 1.21. The summed E-state index contributed by atoms with van der Waals surface area (Å²) in [5.74, 6) is 1.85. The molecular formula is C25H27N3O3. The Morgan fingerprint density at radius 1 is 1.00 bits per heavy atom. The predicted molar refractivity (Wildman–Crippen MR) is 119 cm³/mol. The molecule has 6 heteroatoms. The molecule has 2 aromatic carbocycles. The summed E-state index contributed by atoms with van der Waals surface area (Å²) in [6.45, 7) is 8.39. The van der Waals surface area contributed by atoms with Gasteiger partial charge in [-0.1, -0.05) is 38.1 Å². The van der Waals surface area contributed by atoms with Crippen molar-refractivity contribution in [3.63, 3.8) is 0 Å². The van der Waals surface area contributed by atoms with Crippen LogP contribution in [0.4, 0.5) is 5.95 Å². The third-order valence-electron chi connectivity index (χ3n) is 6.40. The number of aromatic nitrogens is 2. The molecule has 31 heavy (non-hydrogen) atoms. The van der Waals surface area contributed by atoms with Gasteiger partial charge in [-0.05, 0) is 41.5 Å². The zero-order valence-corrected chi connectivity index (χ0v) is 17.9. The lowest BCUT2D eigenvalue weighted by Crippen LogP contribution is -2.66. The van der Waals surface area contributed by atoms with E-state index < -0.39 is 0 Å². The number of ether oxygens (including phenoxy) is 2. The second-order valence-electron chi connectivity index (χ2n) is 9.18. The number of hydrogen-bond acceptors (Lipinski definition) is 6. The van der Waals surface area contributed by atoms with Gasteiger partial charge in [-0.2, -0.15) is 0 Å². The van der Waals surface area contributed by atoms with Crippen LogP contribution in [0.5, 0.6) is 11.5 Å². The van der Waals surface area contributed by atoms with E-state index in [2.05, 4.69) is 40.8 Å². The lowest BCUT2D eigenvalue weighted by atomic mass is 9.78. The van der Waals surface area contributed by atoms with Crippen molar-refractivity contribution in [1.29, 1.82) is 0 Å². The topological polar surface area (TPSA) is 67.7 Å². The van der Waals surface area contributed by atoms with E-state index in [0.717, 1.165) is 49.3 Å². The first kappa shape index (κ1) is 19.8. The summed E-state index contributed by atoms with van der Waals surface area (Å²) in [4.78, 5) is 11.3. The first-order valence-electron chi connectivity index (χ1n) is 10.6. The van der Waals surface area contributed by atoms with Gasteiger partial charge in [-0.3, -0.25) is 0 Å². The smallest absolute Gasteiger partial charge is 0.225 e. The van der Waals surface area contributed by atoms with Gasteiger partial charge in [0.15, 0.2) is 0 Å². The third kappa shape index (κ3) is 3.83. The molecule has 0 aliphatic carbocycles. The number of anilines is 1. The fraction of sp³-hybridized carbons (Fsp3) is 0.360. The highest BCUT2D eigenvalue weighted by Gasteiger charge is 2.49. The van der Waals surface area contributed by atoms with Crippen LogP contribution >= 0.6 is 0 Å². The number of aromatic hydroxyl groups is 1. The van der Waals surface area contributed by atoms with Gasteiger partial charge in [0.25, 0.3) is 0 Å². The number of rotatable bonds is 6. The maximum Gasteiger partial charge on any atom is 0.225 e. The van der Waals surface area contributed by atoms with E-state index in [9.17, 15) is 5.11 Å². The minimum atomic E-state index is -0.173. The van der Waals surface area contributed by atoms with Gasteiger partial charge in [0.05, 0.1) is 24.3 Å². The molecule has 0 radical (unpaired) electrons. The lowest BCUT2D eigenvalue weighted by molar-refractivity contribution is -0.127. The number of phenolic OH excluding ortho intramolecular Hbond substituents is 1. The second kappa shape index (κ2) is 7.54. The molecule has 0 saturated carbocycles. The largest absolute Gasteiger partial charge is 0.508 e. The molecule has 1 aromatic heterocycles. The van der Waals surface area contributed by atoms with Crippen LogP contribution in [-0.4, -0.2) is 41.4 Å². The summed E-state index contributed by atoms with van der Waals surface area (Å²) in [7, 11) is 0. The first-order valence-corrected chi connectivity index (χ1v) is 10.6. The van der Waals surface area contributed by atoms with Gasteiger partial charge in [0.1, 0.15) is 18.1 Å². The third-order valence-corrected chi connectivity index (χ3v) is 6.40. The maximum absolute atomic E-state index is 9.55. The molecule has 2 aliphatic rings. The molecule has 6 nitrogen and oxygen atoms in total. The summed E-state index contributed by atoms with van der Waals surface area (Å²) in [5.41, 5.74) is 3.36. The number of hydrogen-bond donors (Lipinski definition) is 1. The molecule has 1 spiro atoms. The van der Waals surface area contributed by atoms with Crippen molar-refractivity contribution in [1.82, 2.24) is 9.97 Å². The molecule has 0 unspecified atom stereocenters. The number of nitrogens with zero attached hydrogens (tertiary/aromatic N) is 3. The highest BCUT2D eigenvalue weighted by atomic mass is 16.5. The molecule has 2 saturated heterocycles. The van der Waals surface area contributed by atoms with Crippen LogP contribution in [0.3, 0.4) is 0 Å². The molecule has 1 N–H and O–H groups in total. The Morgan fingerprint density at radius 2 is 1.65 bits per heavy atom. The normalized spacial score (nSPS) is 17.2. The molecule has 5 rings (SSSR count). The van der Waals surface area contributed by atoms with E-state index in [0.29, 0.717) is 12.0 Å². The maximum atomic E-state index is 9.55. The van der Waals surface area contributed by atoms with E-state index in [1.54, 1.807) is 18.3 Å². The minimum Gasteiger partial charge on any atom is -0.508 e. The van der Waals surface area contributed by atoms with E-state index in [1.165, 1.54) is 5.56 Å². The van der Waals surface area contributed by atoms with Crippen molar-refractivity contribution in [2.45, 2.75) is 25.9 Å². The second-order valence-corrected chi connectivity index (χ2v) is 9.18. The van der Waals surface area contributed by atoms with Gasteiger partial charge in [-0.25, -0.2) is 9.97 Å². The molecule has 2 fully saturated rings. The van der Waals surface area contributed by atoms with E-state index >= 15 is 0 Å². The van der Waals surface area contributed by atoms with Crippen LogP contribution in [0.2, 0.25) is 0 Å². The van der Waals surface area contributed by atoms with Crippen molar-refractivity contribution in [3.8, 4) is 11.5 Å². The summed E-state index contributed by atoms with van der Waals surface area (Å²) in [6.07, 6.45) is 1.80. The van der Waals surface area contributed by atoms with Crippen LogP contribution in [0, 0.1) is 5.41 Å². The van der Waals surface area contributed by atoms with Gasteiger partial charge < -0.3 is 19.5 Å². The standard InChI is InChI=1S/C25H27N3O3/c1-24(2,18-3-7-21(29)8-4-18)19-5-9-22(10-6-19)31-13-20-11-12-26-23(27-20)28-14-25(15-28)16-30-17-25/h3-12,29H,13-17H2,1-2H3. The molecule has 0 amide bonds. The Labute approximate surface area is 182 Å². The fourth-order valence-electron chi connectivity index (χ4n) is 4.27. The summed E-state index contributed by atoms with van der Waals surface area (Å²) < 4.78 is 11.3.